The van der Waals surface area contributed by atoms with Gasteiger partial charge in [-0.3, -0.25) is 4.79 Å². The number of benzene rings is 1. The summed E-state index contributed by atoms with van der Waals surface area (Å²) in [4.78, 5) is 12.9. The molecule has 2 aliphatic carbocycles. The van der Waals surface area contributed by atoms with E-state index in [1.165, 1.54) is 0 Å². The minimum absolute atomic E-state index is 0.0269. The third-order valence-corrected chi connectivity index (χ3v) is 6.55. The van der Waals surface area contributed by atoms with Gasteiger partial charge in [-0.1, -0.05) is 27.2 Å². The summed E-state index contributed by atoms with van der Waals surface area (Å²) < 4.78 is 5.73. The fraction of sp³-hybridized carbons (Fsp3) is 0.632. The van der Waals surface area contributed by atoms with E-state index in [-0.39, 0.29) is 34.9 Å². The number of esters is 1. The van der Waals surface area contributed by atoms with Crippen molar-refractivity contribution in [2.45, 2.75) is 64.4 Å². The van der Waals surface area contributed by atoms with E-state index in [2.05, 4.69) is 13.8 Å². The van der Waals surface area contributed by atoms with Crippen LogP contribution in [0.1, 0.15) is 69.2 Å². The Morgan fingerprint density at radius 2 is 2.00 bits per heavy atom. The van der Waals surface area contributed by atoms with Crippen molar-refractivity contribution >= 4 is 5.97 Å². The van der Waals surface area contributed by atoms with Crippen LogP contribution in [0.5, 0.6) is 11.5 Å². The summed E-state index contributed by atoms with van der Waals surface area (Å²) in [6.45, 7) is 6.37. The molecule has 23 heavy (non-hydrogen) atoms. The Hall–Kier alpha value is -1.71. The lowest BCUT2D eigenvalue weighted by Crippen LogP contribution is -2.59. The number of phenolic OH excluding ortho intramolecular Hbond substituents is 2. The molecule has 4 heteroatoms. The molecule has 0 unspecified atom stereocenters. The van der Waals surface area contributed by atoms with Gasteiger partial charge < -0.3 is 14.9 Å². The number of carbonyl (C=O) groups is 1. The van der Waals surface area contributed by atoms with Crippen LogP contribution >= 0.6 is 0 Å². The van der Waals surface area contributed by atoms with E-state index in [4.69, 9.17) is 4.74 Å². The predicted octanol–water partition coefficient (Wildman–Crippen LogP) is 3.73. The van der Waals surface area contributed by atoms with Crippen molar-refractivity contribution in [3.8, 4) is 11.5 Å². The Morgan fingerprint density at radius 1 is 1.26 bits per heavy atom. The quantitative estimate of drug-likeness (QED) is 0.612. The van der Waals surface area contributed by atoms with Crippen molar-refractivity contribution in [1.29, 1.82) is 0 Å². The third-order valence-electron chi connectivity index (χ3n) is 6.55. The summed E-state index contributed by atoms with van der Waals surface area (Å²) in [6.07, 6.45) is 3.86. The average Bonchev–Trinajstić information content (AvgIpc) is 2.50. The highest BCUT2D eigenvalue weighted by Gasteiger charge is 2.64. The van der Waals surface area contributed by atoms with E-state index < -0.39 is 5.41 Å². The van der Waals surface area contributed by atoms with Crippen LogP contribution in [0.3, 0.4) is 0 Å². The van der Waals surface area contributed by atoms with Crippen LogP contribution in [0.15, 0.2) is 6.07 Å². The number of phenols is 2. The van der Waals surface area contributed by atoms with Gasteiger partial charge in [0.25, 0.3) is 0 Å². The number of rotatable bonds is 1. The Labute approximate surface area is 136 Å². The summed E-state index contributed by atoms with van der Waals surface area (Å²) in [6, 6.07) is 1.93. The van der Waals surface area contributed by atoms with Crippen molar-refractivity contribution in [3.05, 3.63) is 22.8 Å². The topological polar surface area (TPSA) is 66.8 Å². The first-order chi connectivity index (χ1) is 10.8. The fourth-order valence-electron chi connectivity index (χ4n) is 5.42. The molecule has 2 bridgehead atoms. The number of hydrogen-bond donors (Lipinski definition) is 2. The van der Waals surface area contributed by atoms with Crippen LogP contribution in [-0.2, 0) is 21.4 Å². The lowest BCUT2D eigenvalue weighted by Gasteiger charge is -2.58. The van der Waals surface area contributed by atoms with Crippen molar-refractivity contribution in [1.82, 2.24) is 0 Å². The molecule has 1 saturated heterocycles. The lowest BCUT2D eigenvalue weighted by molar-refractivity contribution is -0.185. The maximum absolute atomic E-state index is 12.9. The van der Waals surface area contributed by atoms with E-state index in [0.717, 1.165) is 24.8 Å². The van der Waals surface area contributed by atoms with E-state index in [9.17, 15) is 15.0 Å². The minimum atomic E-state index is -0.792. The second-order valence-corrected chi connectivity index (χ2v) is 8.05. The molecule has 124 valence electrons. The van der Waals surface area contributed by atoms with Gasteiger partial charge in [0.05, 0.1) is 0 Å². The highest BCUT2D eigenvalue weighted by Crippen LogP contribution is 2.66. The Bertz CT molecular complexity index is 706. The van der Waals surface area contributed by atoms with Gasteiger partial charge in [-0.15, -0.1) is 0 Å². The van der Waals surface area contributed by atoms with Crippen LogP contribution in [0.25, 0.3) is 0 Å². The van der Waals surface area contributed by atoms with Crippen LogP contribution in [0.4, 0.5) is 0 Å². The molecule has 1 spiro atoms. The SMILES string of the molecule is CCc1cc2c(c(O)c1O)[C@@]13CCCC(C)(C)[C@@H]1C[C@@H]2OC3=O. The number of ether oxygens (including phenoxy) is 1. The average molecular weight is 316 g/mol. The molecule has 0 radical (unpaired) electrons. The van der Waals surface area contributed by atoms with Gasteiger partial charge in [0.1, 0.15) is 11.5 Å². The van der Waals surface area contributed by atoms with Crippen molar-refractivity contribution in [2.24, 2.45) is 11.3 Å². The molecule has 2 aliphatic heterocycles. The zero-order chi connectivity index (χ0) is 16.6. The Kier molecular flexibility index (Phi) is 2.86. The number of aryl methyl sites for hydroxylation is 1. The molecule has 2 N–H and O–H groups in total. The van der Waals surface area contributed by atoms with Crippen LogP contribution in [0.2, 0.25) is 0 Å². The van der Waals surface area contributed by atoms with Gasteiger partial charge in [-0.2, -0.15) is 0 Å². The van der Waals surface area contributed by atoms with Gasteiger partial charge in [0.2, 0.25) is 0 Å². The summed E-state index contributed by atoms with van der Waals surface area (Å²) in [5, 5.41) is 21.1. The zero-order valence-corrected chi connectivity index (χ0v) is 14.0. The predicted molar refractivity (Wildman–Crippen MR) is 85.4 cm³/mol. The first-order valence-electron chi connectivity index (χ1n) is 8.62. The molecule has 1 saturated carbocycles. The maximum Gasteiger partial charge on any atom is 0.317 e. The van der Waals surface area contributed by atoms with Crippen LogP contribution < -0.4 is 0 Å². The standard InChI is InChI=1S/C19H24O4/c1-4-10-8-11-12-9-13-18(2,3)6-5-7-19(13,17(22)23-12)14(11)16(21)15(10)20/h8,12-13,20-21H,4-7,9H2,1-3H3/t12-,13-,19+/m0/s1. The van der Waals surface area contributed by atoms with Gasteiger partial charge in [0, 0.05) is 11.1 Å². The van der Waals surface area contributed by atoms with E-state index in [1.807, 2.05) is 13.0 Å². The van der Waals surface area contributed by atoms with Gasteiger partial charge in [-0.25, -0.2) is 0 Å². The Morgan fingerprint density at radius 3 is 2.70 bits per heavy atom. The Balaban J connectivity index is 2.03. The molecule has 2 fully saturated rings. The van der Waals surface area contributed by atoms with Gasteiger partial charge in [0.15, 0.2) is 11.5 Å². The molecule has 1 aromatic rings. The lowest BCUT2D eigenvalue weighted by atomic mass is 9.47. The van der Waals surface area contributed by atoms with Crippen molar-refractivity contribution in [2.75, 3.05) is 0 Å². The van der Waals surface area contributed by atoms with E-state index in [1.54, 1.807) is 0 Å². The summed E-state index contributed by atoms with van der Waals surface area (Å²) in [7, 11) is 0. The molecule has 3 atom stereocenters. The first-order valence-corrected chi connectivity index (χ1v) is 8.62. The number of fused-ring (bicyclic) bond motifs is 1. The molecule has 4 nitrogen and oxygen atoms in total. The molecule has 0 amide bonds. The molecule has 1 aromatic carbocycles. The second kappa shape index (κ2) is 4.43. The smallest absolute Gasteiger partial charge is 0.317 e. The van der Waals surface area contributed by atoms with Gasteiger partial charge >= 0.3 is 5.97 Å². The minimum Gasteiger partial charge on any atom is -0.504 e. The number of hydrogen-bond acceptors (Lipinski definition) is 4. The monoisotopic (exact) mass is 316 g/mol. The summed E-state index contributed by atoms with van der Waals surface area (Å²) in [5.74, 6) is -0.218. The molecule has 5 rings (SSSR count). The fourth-order valence-corrected chi connectivity index (χ4v) is 5.42. The normalized spacial score (nSPS) is 33.8. The maximum atomic E-state index is 12.9. The van der Waals surface area contributed by atoms with Crippen LogP contribution in [-0.4, -0.2) is 16.2 Å². The largest absolute Gasteiger partial charge is 0.504 e. The molecule has 0 aromatic heterocycles. The van der Waals surface area contributed by atoms with E-state index >= 15 is 0 Å². The highest BCUT2D eigenvalue weighted by molar-refractivity contribution is 5.89. The number of aromatic hydroxyl groups is 2. The second-order valence-electron chi connectivity index (χ2n) is 8.05. The highest BCUT2D eigenvalue weighted by atomic mass is 16.5. The third kappa shape index (κ3) is 1.64. The summed E-state index contributed by atoms with van der Waals surface area (Å²) >= 11 is 0. The van der Waals surface area contributed by atoms with Crippen molar-refractivity contribution < 1.29 is 19.7 Å². The first kappa shape index (κ1) is 14.9. The zero-order valence-electron chi connectivity index (χ0n) is 14.0. The van der Waals surface area contributed by atoms with Crippen LogP contribution in [0, 0.1) is 11.3 Å². The molecular weight excluding hydrogens is 292 g/mol. The molecule has 2 heterocycles. The van der Waals surface area contributed by atoms with Gasteiger partial charge in [-0.05, 0) is 48.6 Å². The van der Waals surface area contributed by atoms with E-state index in [0.29, 0.717) is 24.0 Å². The number of carbonyl (C=O) groups excluding carboxylic acids is 1. The van der Waals surface area contributed by atoms with Crippen molar-refractivity contribution in [3.63, 3.8) is 0 Å². The molecule has 4 aliphatic rings. The molecular formula is C19H24O4. The summed E-state index contributed by atoms with van der Waals surface area (Å²) in [5.41, 5.74) is 1.51.